The molecule has 0 saturated carbocycles. The van der Waals surface area contributed by atoms with Gasteiger partial charge >= 0.3 is 11.8 Å². The van der Waals surface area contributed by atoms with Gasteiger partial charge in [0.2, 0.25) is 10.3 Å². The van der Waals surface area contributed by atoms with Gasteiger partial charge in [-0.2, -0.15) is 0 Å². The molecule has 2 N–H and O–H groups in total. The molecule has 2 aromatic rings. The average Bonchev–Trinajstić information content (AvgIpc) is 3.09. The second-order valence-electron chi connectivity index (χ2n) is 3.52. The zero-order chi connectivity index (χ0) is 15.9. The molecule has 0 aliphatic carbocycles. The summed E-state index contributed by atoms with van der Waals surface area (Å²) in [7, 11) is 0. The summed E-state index contributed by atoms with van der Waals surface area (Å²) in [6.45, 7) is 3.98. The number of nitrogens with zero attached hydrogens (tertiary/aromatic N) is 4. The van der Waals surface area contributed by atoms with Crippen molar-refractivity contribution in [2.45, 2.75) is 22.5 Å². The van der Waals surface area contributed by atoms with Crippen LogP contribution >= 0.6 is 46.2 Å². The van der Waals surface area contributed by atoms with E-state index in [1.807, 2.05) is 13.8 Å². The van der Waals surface area contributed by atoms with Crippen molar-refractivity contribution in [2.75, 3.05) is 22.1 Å². The number of nitrogens with one attached hydrogen (secondary N) is 2. The molecular weight excluding hydrogens is 364 g/mol. The van der Waals surface area contributed by atoms with Crippen LogP contribution in [-0.2, 0) is 9.59 Å². The summed E-state index contributed by atoms with van der Waals surface area (Å²) >= 11 is 5.47. The Morgan fingerprint density at radius 1 is 0.864 bits per heavy atom. The standard InChI is InChI=1S/C10H12N6O2S4/c1-3-19-9-15-13-7(21-9)11-5(17)6(18)12-8-14-16-10(22-8)20-4-2/h3-4H2,1-2H3,(H,11,13,17)(H,12,14,18). The molecule has 0 bridgehead atoms. The molecule has 22 heavy (non-hydrogen) atoms. The van der Waals surface area contributed by atoms with Crippen molar-refractivity contribution in [1.82, 2.24) is 20.4 Å². The molecule has 0 aromatic carbocycles. The van der Waals surface area contributed by atoms with E-state index in [9.17, 15) is 9.59 Å². The summed E-state index contributed by atoms with van der Waals surface area (Å²) in [6, 6.07) is 0. The van der Waals surface area contributed by atoms with Crippen LogP contribution in [0.15, 0.2) is 8.68 Å². The topological polar surface area (TPSA) is 110 Å². The third-order valence-electron chi connectivity index (χ3n) is 2.00. The number of carbonyl (C=O) groups is 2. The molecule has 0 aliphatic rings. The highest BCUT2D eigenvalue weighted by Crippen LogP contribution is 2.26. The van der Waals surface area contributed by atoms with Gasteiger partial charge in [0.15, 0.2) is 8.68 Å². The molecule has 0 saturated heterocycles. The van der Waals surface area contributed by atoms with E-state index < -0.39 is 11.8 Å². The van der Waals surface area contributed by atoms with E-state index in [1.54, 1.807) is 0 Å². The lowest BCUT2D eigenvalue weighted by Crippen LogP contribution is -2.29. The van der Waals surface area contributed by atoms with Gasteiger partial charge in [-0.05, 0) is 11.5 Å². The number of thioether (sulfide) groups is 2. The van der Waals surface area contributed by atoms with Gasteiger partial charge in [-0.15, -0.1) is 20.4 Å². The Morgan fingerprint density at radius 2 is 1.27 bits per heavy atom. The lowest BCUT2D eigenvalue weighted by molar-refractivity contribution is -0.133. The number of aromatic nitrogens is 4. The number of rotatable bonds is 6. The van der Waals surface area contributed by atoms with Gasteiger partial charge in [0.25, 0.3) is 0 Å². The van der Waals surface area contributed by atoms with Crippen molar-refractivity contribution in [3.8, 4) is 0 Å². The SMILES string of the molecule is CCSc1nnc(NC(=O)C(=O)Nc2nnc(SCC)s2)s1. The van der Waals surface area contributed by atoms with Crippen molar-refractivity contribution in [3.05, 3.63) is 0 Å². The van der Waals surface area contributed by atoms with Crippen LogP contribution < -0.4 is 10.6 Å². The maximum atomic E-state index is 11.8. The summed E-state index contributed by atoms with van der Waals surface area (Å²) in [5.74, 6) is 0.0874. The molecular formula is C10H12N6O2S4. The summed E-state index contributed by atoms with van der Waals surface area (Å²) in [5, 5.41) is 20.8. The smallest absolute Gasteiger partial charge is 0.292 e. The first-order valence-corrected chi connectivity index (χ1v) is 9.77. The number of hydrogen-bond acceptors (Lipinski definition) is 10. The van der Waals surface area contributed by atoms with Crippen LogP contribution in [0, 0.1) is 0 Å². The van der Waals surface area contributed by atoms with Crippen LogP contribution in [0.2, 0.25) is 0 Å². The number of carbonyl (C=O) groups excluding carboxylic acids is 2. The Kier molecular flexibility index (Phi) is 6.54. The lowest BCUT2D eigenvalue weighted by Gasteiger charge is -1.99. The van der Waals surface area contributed by atoms with Crippen molar-refractivity contribution in [2.24, 2.45) is 0 Å². The van der Waals surface area contributed by atoms with E-state index in [4.69, 9.17) is 0 Å². The van der Waals surface area contributed by atoms with E-state index >= 15 is 0 Å². The second kappa shape index (κ2) is 8.41. The van der Waals surface area contributed by atoms with Crippen LogP contribution in [0.3, 0.4) is 0 Å². The monoisotopic (exact) mass is 376 g/mol. The van der Waals surface area contributed by atoms with E-state index in [2.05, 4.69) is 31.0 Å². The quantitative estimate of drug-likeness (QED) is 0.448. The molecule has 0 spiro atoms. The minimum absolute atomic E-state index is 0.288. The van der Waals surface area contributed by atoms with Crippen molar-refractivity contribution >= 4 is 68.3 Å². The second-order valence-corrected chi connectivity index (χ2v) is 8.50. The van der Waals surface area contributed by atoms with Gasteiger partial charge < -0.3 is 0 Å². The zero-order valence-electron chi connectivity index (χ0n) is 11.7. The van der Waals surface area contributed by atoms with Gasteiger partial charge in [0, 0.05) is 0 Å². The molecule has 0 aliphatic heterocycles. The van der Waals surface area contributed by atoms with Crippen LogP contribution in [0.25, 0.3) is 0 Å². The first kappa shape index (κ1) is 17.1. The predicted molar refractivity (Wildman–Crippen MR) is 89.9 cm³/mol. The molecule has 2 amide bonds. The van der Waals surface area contributed by atoms with Gasteiger partial charge in [-0.25, -0.2) is 0 Å². The minimum Gasteiger partial charge on any atom is -0.292 e. The Balaban J connectivity index is 1.89. The van der Waals surface area contributed by atoms with Crippen LogP contribution in [0.5, 0.6) is 0 Å². The molecule has 2 rings (SSSR count). The maximum absolute atomic E-state index is 11.8. The molecule has 0 radical (unpaired) electrons. The molecule has 118 valence electrons. The molecule has 0 atom stereocenters. The Morgan fingerprint density at radius 3 is 1.64 bits per heavy atom. The van der Waals surface area contributed by atoms with Crippen LogP contribution in [0.1, 0.15) is 13.8 Å². The average molecular weight is 377 g/mol. The van der Waals surface area contributed by atoms with E-state index in [-0.39, 0.29) is 10.3 Å². The van der Waals surface area contributed by atoms with Gasteiger partial charge in [0.1, 0.15) is 0 Å². The van der Waals surface area contributed by atoms with Crippen molar-refractivity contribution < 1.29 is 9.59 Å². The summed E-state index contributed by atoms with van der Waals surface area (Å²) in [4.78, 5) is 23.6. The van der Waals surface area contributed by atoms with Crippen LogP contribution in [0.4, 0.5) is 10.3 Å². The Hall–Kier alpha value is -1.24. The largest absolute Gasteiger partial charge is 0.315 e. The van der Waals surface area contributed by atoms with Gasteiger partial charge in [-0.3, -0.25) is 20.2 Å². The zero-order valence-corrected chi connectivity index (χ0v) is 14.9. The highest BCUT2D eigenvalue weighted by molar-refractivity contribution is 8.01. The first-order chi connectivity index (χ1) is 10.6. The molecule has 12 heteroatoms. The molecule has 0 unspecified atom stereocenters. The van der Waals surface area contributed by atoms with E-state index in [0.717, 1.165) is 20.2 Å². The van der Waals surface area contributed by atoms with Crippen molar-refractivity contribution in [1.29, 1.82) is 0 Å². The fourth-order valence-electron chi connectivity index (χ4n) is 1.19. The summed E-state index contributed by atoms with van der Waals surface area (Å²) in [6.07, 6.45) is 0. The minimum atomic E-state index is -0.816. The van der Waals surface area contributed by atoms with Gasteiger partial charge in [-0.1, -0.05) is 60.0 Å². The van der Waals surface area contributed by atoms with E-state index in [1.165, 1.54) is 46.2 Å². The first-order valence-electron chi connectivity index (χ1n) is 6.17. The third kappa shape index (κ3) is 4.90. The number of anilines is 2. The van der Waals surface area contributed by atoms with Gasteiger partial charge in [0.05, 0.1) is 0 Å². The Bertz CT molecular complexity index is 601. The fourth-order valence-corrected chi connectivity index (χ4v) is 4.48. The summed E-state index contributed by atoms with van der Waals surface area (Å²) in [5.41, 5.74) is 0. The molecule has 0 fully saturated rings. The van der Waals surface area contributed by atoms with E-state index in [0.29, 0.717) is 0 Å². The summed E-state index contributed by atoms with van der Waals surface area (Å²) < 4.78 is 1.48. The number of amides is 2. The third-order valence-corrected chi connectivity index (χ3v) is 5.70. The molecule has 8 nitrogen and oxygen atoms in total. The maximum Gasteiger partial charge on any atom is 0.315 e. The lowest BCUT2D eigenvalue weighted by atomic mass is 10.5. The van der Waals surface area contributed by atoms with Crippen molar-refractivity contribution in [3.63, 3.8) is 0 Å². The fraction of sp³-hybridized carbons (Fsp3) is 0.400. The predicted octanol–water partition coefficient (Wildman–Crippen LogP) is 2.19. The number of hydrogen-bond donors (Lipinski definition) is 2. The molecule has 2 heterocycles. The molecule has 2 aromatic heterocycles. The highest BCUT2D eigenvalue weighted by Gasteiger charge is 2.18. The highest BCUT2D eigenvalue weighted by atomic mass is 32.2. The Labute approximate surface area is 142 Å². The normalized spacial score (nSPS) is 10.5. The van der Waals surface area contributed by atoms with Crippen LogP contribution in [-0.4, -0.2) is 43.7 Å².